The molecule has 0 aromatic rings. The molecule has 2 nitrogen and oxygen atoms in total. The molecule has 86 valence electrons. The van der Waals surface area contributed by atoms with Crippen molar-refractivity contribution in [3.63, 3.8) is 0 Å². The molecule has 0 bridgehead atoms. The predicted octanol–water partition coefficient (Wildman–Crippen LogP) is 1.90. The van der Waals surface area contributed by atoms with E-state index < -0.39 is 0 Å². The van der Waals surface area contributed by atoms with Crippen LogP contribution in [0.15, 0.2) is 0 Å². The summed E-state index contributed by atoms with van der Waals surface area (Å²) in [7, 11) is 0. The van der Waals surface area contributed by atoms with Crippen molar-refractivity contribution in [3.8, 4) is 0 Å². The lowest BCUT2D eigenvalue weighted by Crippen LogP contribution is -2.56. The van der Waals surface area contributed by atoms with Crippen molar-refractivity contribution in [1.82, 2.24) is 5.32 Å². The highest BCUT2D eigenvalue weighted by molar-refractivity contribution is 5.10. The van der Waals surface area contributed by atoms with E-state index in [1.807, 2.05) is 0 Å². The highest BCUT2D eigenvalue weighted by Crippen LogP contribution is 2.69. The van der Waals surface area contributed by atoms with Gasteiger partial charge in [-0.05, 0) is 81.3 Å². The molecule has 1 aliphatic heterocycles. The smallest absolute Gasteiger partial charge is 0.00436 e. The number of piperidine rings is 1. The lowest BCUT2D eigenvalue weighted by molar-refractivity contribution is -0.139. The quantitative estimate of drug-likeness (QED) is 0.727. The van der Waals surface area contributed by atoms with Gasteiger partial charge in [-0.2, -0.15) is 0 Å². The summed E-state index contributed by atoms with van der Waals surface area (Å²) in [6.07, 6.45) is 10.2. The molecular formula is C13H24N2. The van der Waals surface area contributed by atoms with Crippen LogP contribution < -0.4 is 11.1 Å². The maximum Gasteiger partial charge on any atom is -0.00436 e. The van der Waals surface area contributed by atoms with Crippen LogP contribution in [0.4, 0.5) is 0 Å². The van der Waals surface area contributed by atoms with Crippen LogP contribution in [0.5, 0.6) is 0 Å². The molecule has 2 saturated carbocycles. The first kappa shape index (κ1) is 10.1. The van der Waals surface area contributed by atoms with Crippen molar-refractivity contribution in [2.45, 2.75) is 44.9 Å². The standard InChI is InChI=1S/C13H24N2/c14-4-1-11-7-13(8-11)9-12(10-13)2-5-15-6-3-12/h11,15H,1-10,14H2. The molecule has 0 radical (unpaired) electrons. The van der Waals surface area contributed by atoms with Gasteiger partial charge in [0.15, 0.2) is 0 Å². The average Bonchev–Trinajstić information content (AvgIpc) is 2.14. The molecule has 2 heteroatoms. The van der Waals surface area contributed by atoms with Gasteiger partial charge in [0.05, 0.1) is 0 Å². The van der Waals surface area contributed by atoms with E-state index >= 15 is 0 Å². The minimum absolute atomic E-state index is 0.777. The summed E-state index contributed by atoms with van der Waals surface area (Å²) in [6.45, 7) is 3.43. The summed E-state index contributed by atoms with van der Waals surface area (Å²) in [5.41, 5.74) is 7.19. The molecule has 0 amide bonds. The topological polar surface area (TPSA) is 38.0 Å². The molecule has 3 rings (SSSR count). The molecule has 0 unspecified atom stereocenters. The third-order valence-electron chi connectivity index (χ3n) is 5.18. The van der Waals surface area contributed by atoms with Crippen LogP contribution in [0.2, 0.25) is 0 Å². The summed E-state index contributed by atoms with van der Waals surface area (Å²) in [6, 6.07) is 0. The Bertz CT molecular complexity index is 227. The maximum atomic E-state index is 5.61. The van der Waals surface area contributed by atoms with E-state index in [0.717, 1.165) is 23.3 Å². The minimum Gasteiger partial charge on any atom is -0.330 e. The van der Waals surface area contributed by atoms with E-state index in [-0.39, 0.29) is 0 Å². The van der Waals surface area contributed by atoms with Crippen molar-refractivity contribution in [2.24, 2.45) is 22.5 Å². The van der Waals surface area contributed by atoms with Crippen molar-refractivity contribution in [1.29, 1.82) is 0 Å². The van der Waals surface area contributed by atoms with Crippen LogP contribution in [-0.4, -0.2) is 19.6 Å². The third-order valence-corrected chi connectivity index (χ3v) is 5.18. The van der Waals surface area contributed by atoms with Gasteiger partial charge in [-0.3, -0.25) is 0 Å². The molecular weight excluding hydrogens is 184 g/mol. The van der Waals surface area contributed by atoms with Gasteiger partial charge in [0.2, 0.25) is 0 Å². The van der Waals surface area contributed by atoms with E-state index in [9.17, 15) is 0 Å². The first-order valence-electron chi connectivity index (χ1n) is 6.67. The summed E-state index contributed by atoms with van der Waals surface area (Å²) >= 11 is 0. The van der Waals surface area contributed by atoms with Crippen molar-refractivity contribution >= 4 is 0 Å². The fourth-order valence-electron chi connectivity index (χ4n) is 4.74. The zero-order valence-electron chi connectivity index (χ0n) is 9.73. The van der Waals surface area contributed by atoms with Crippen molar-refractivity contribution < 1.29 is 0 Å². The maximum absolute atomic E-state index is 5.61. The second-order valence-corrected chi connectivity index (χ2v) is 6.46. The van der Waals surface area contributed by atoms with Gasteiger partial charge in [-0.15, -0.1) is 0 Å². The molecule has 15 heavy (non-hydrogen) atoms. The van der Waals surface area contributed by atoms with E-state index in [1.54, 1.807) is 12.8 Å². The van der Waals surface area contributed by atoms with Crippen LogP contribution in [0, 0.1) is 16.7 Å². The van der Waals surface area contributed by atoms with Crippen LogP contribution >= 0.6 is 0 Å². The zero-order chi connectivity index (χ0) is 10.4. The number of hydrogen-bond donors (Lipinski definition) is 2. The monoisotopic (exact) mass is 208 g/mol. The third kappa shape index (κ3) is 1.62. The highest BCUT2D eigenvalue weighted by Gasteiger charge is 2.58. The zero-order valence-corrected chi connectivity index (χ0v) is 9.73. The molecule has 3 N–H and O–H groups in total. The Hall–Kier alpha value is -0.0800. The van der Waals surface area contributed by atoms with Gasteiger partial charge in [0.25, 0.3) is 0 Å². The van der Waals surface area contributed by atoms with Gasteiger partial charge in [0, 0.05) is 0 Å². The number of hydrogen-bond acceptors (Lipinski definition) is 2. The molecule has 0 aromatic carbocycles. The van der Waals surface area contributed by atoms with Gasteiger partial charge in [-0.25, -0.2) is 0 Å². The lowest BCUT2D eigenvalue weighted by atomic mass is 9.41. The Labute approximate surface area is 93.0 Å². The van der Waals surface area contributed by atoms with Crippen molar-refractivity contribution in [2.75, 3.05) is 19.6 Å². The second kappa shape index (κ2) is 3.46. The number of nitrogens with two attached hydrogens (primary N) is 1. The Balaban J connectivity index is 1.50. The highest BCUT2D eigenvalue weighted by atomic mass is 14.9. The molecule has 1 saturated heterocycles. The Kier molecular flexibility index (Phi) is 2.33. The Morgan fingerprint density at radius 3 is 2.33 bits per heavy atom. The van der Waals surface area contributed by atoms with Crippen LogP contribution in [0.3, 0.4) is 0 Å². The van der Waals surface area contributed by atoms with Gasteiger partial charge >= 0.3 is 0 Å². The van der Waals surface area contributed by atoms with Crippen LogP contribution in [-0.2, 0) is 0 Å². The summed E-state index contributed by atoms with van der Waals surface area (Å²) in [5, 5.41) is 3.48. The van der Waals surface area contributed by atoms with Crippen LogP contribution in [0.1, 0.15) is 44.9 Å². The molecule has 3 aliphatic rings. The Morgan fingerprint density at radius 2 is 1.73 bits per heavy atom. The Morgan fingerprint density at radius 1 is 1.07 bits per heavy atom. The van der Waals surface area contributed by atoms with E-state index in [2.05, 4.69) is 5.32 Å². The normalized spacial score (nSPS) is 32.6. The average molecular weight is 208 g/mol. The summed E-state index contributed by atoms with van der Waals surface area (Å²) in [5.74, 6) is 0.981. The first-order chi connectivity index (χ1) is 7.26. The SMILES string of the molecule is NCCC1CC2(C1)CC1(CCNCC1)C2. The van der Waals surface area contributed by atoms with Crippen LogP contribution in [0.25, 0.3) is 0 Å². The van der Waals surface area contributed by atoms with Crippen molar-refractivity contribution in [3.05, 3.63) is 0 Å². The molecule has 0 aromatic heterocycles. The first-order valence-corrected chi connectivity index (χ1v) is 6.67. The molecule has 3 fully saturated rings. The molecule has 2 aliphatic carbocycles. The molecule has 2 spiro atoms. The van der Waals surface area contributed by atoms with E-state index in [4.69, 9.17) is 5.73 Å². The largest absolute Gasteiger partial charge is 0.330 e. The molecule has 0 atom stereocenters. The minimum atomic E-state index is 0.777. The second-order valence-electron chi connectivity index (χ2n) is 6.46. The van der Waals surface area contributed by atoms with Gasteiger partial charge in [0.1, 0.15) is 0 Å². The summed E-state index contributed by atoms with van der Waals surface area (Å²) in [4.78, 5) is 0. The predicted molar refractivity (Wildman–Crippen MR) is 62.6 cm³/mol. The number of nitrogens with one attached hydrogen (secondary N) is 1. The van der Waals surface area contributed by atoms with Gasteiger partial charge < -0.3 is 11.1 Å². The fourth-order valence-corrected chi connectivity index (χ4v) is 4.74. The summed E-state index contributed by atoms with van der Waals surface area (Å²) < 4.78 is 0. The fraction of sp³-hybridized carbons (Fsp3) is 1.00. The van der Waals surface area contributed by atoms with Gasteiger partial charge in [-0.1, -0.05) is 0 Å². The van der Waals surface area contributed by atoms with E-state index in [1.165, 1.54) is 45.2 Å². The van der Waals surface area contributed by atoms with E-state index in [0.29, 0.717) is 0 Å². The molecule has 1 heterocycles. The number of rotatable bonds is 2. The lowest BCUT2D eigenvalue weighted by Gasteiger charge is -2.65.